The summed E-state index contributed by atoms with van der Waals surface area (Å²) in [4.78, 5) is 26.9. The van der Waals surface area contributed by atoms with Gasteiger partial charge < -0.3 is 5.32 Å². The van der Waals surface area contributed by atoms with Gasteiger partial charge >= 0.3 is 0 Å². The Balaban J connectivity index is 1.38. The van der Waals surface area contributed by atoms with Crippen LogP contribution in [-0.2, 0) is 0 Å². The number of rotatable bonds is 5. The third-order valence-electron chi connectivity index (χ3n) is 5.05. The van der Waals surface area contributed by atoms with E-state index in [-0.39, 0.29) is 16.3 Å². The molecule has 3 heterocycles. The molecule has 1 amide bonds. The molecule has 5 aromatic rings. The van der Waals surface area contributed by atoms with Crippen molar-refractivity contribution in [3.63, 3.8) is 0 Å². The molecule has 0 saturated heterocycles. The van der Waals surface area contributed by atoms with Crippen molar-refractivity contribution in [1.82, 2.24) is 24.8 Å². The van der Waals surface area contributed by atoms with Crippen molar-refractivity contribution in [3.05, 3.63) is 99.8 Å². The number of pyridine rings is 1. The second-order valence-corrected chi connectivity index (χ2v) is 7.61. The molecule has 1 N–H and O–H groups in total. The maximum Gasteiger partial charge on any atom is 0.270 e. The van der Waals surface area contributed by atoms with Crippen LogP contribution in [0.25, 0.3) is 28.3 Å². The fourth-order valence-electron chi connectivity index (χ4n) is 3.35. The minimum absolute atomic E-state index is 0.000217. The van der Waals surface area contributed by atoms with Crippen LogP contribution in [0.4, 0.5) is 11.4 Å². The lowest BCUT2D eigenvalue weighted by Crippen LogP contribution is -2.12. The van der Waals surface area contributed by atoms with Crippen molar-refractivity contribution < 1.29 is 9.72 Å². The van der Waals surface area contributed by atoms with E-state index in [4.69, 9.17) is 11.6 Å². The van der Waals surface area contributed by atoms with Crippen LogP contribution in [-0.4, -0.2) is 35.6 Å². The van der Waals surface area contributed by atoms with E-state index in [1.807, 2.05) is 36.4 Å². The molecule has 166 valence electrons. The molecule has 5 rings (SSSR count). The highest BCUT2D eigenvalue weighted by atomic mass is 35.5. The molecule has 2 aromatic carbocycles. The second kappa shape index (κ2) is 8.68. The third kappa shape index (κ3) is 4.05. The molecule has 0 aliphatic carbocycles. The van der Waals surface area contributed by atoms with Gasteiger partial charge in [0.25, 0.3) is 11.6 Å². The molecule has 0 fully saturated rings. The van der Waals surface area contributed by atoms with Gasteiger partial charge in [-0.05, 0) is 42.5 Å². The van der Waals surface area contributed by atoms with E-state index >= 15 is 0 Å². The summed E-state index contributed by atoms with van der Waals surface area (Å²) in [5.74, 6) is 0.127. The Morgan fingerprint density at radius 2 is 1.71 bits per heavy atom. The predicted octanol–water partition coefficient (Wildman–Crippen LogP) is 4.67. The maximum absolute atomic E-state index is 12.6. The van der Waals surface area contributed by atoms with Crippen molar-refractivity contribution in [2.75, 3.05) is 5.32 Å². The number of fused-ring (bicyclic) bond motifs is 1. The molecule has 0 aliphatic rings. The summed E-state index contributed by atoms with van der Waals surface area (Å²) in [5.41, 5.74) is 3.46. The van der Waals surface area contributed by atoms with Crippen LogP contribution in [0.15, 0.2) is 79.1 Å². The van der Waals surface area contributed by atoms with Gasteiger partial charge in [-0.2, -0.15) is 9.61 Å². The van der Waals surface area contributed by atoms with Crippen LogP contribution in [0.1, 0.15) is 10.4 Å². The fraction of sp³-hybridized carbons (Fsp3) is 0. The van der Waals surface area contributed by atoms with Crippen molar-refractivity contribution in [2.24, 2.45) is 0 Å². The molecular formula is C23H14ClN7O3. The fourth-order valence-corrected chi connectivity index (χ4v) is 3.61. The van der Waals surface area contributed by atoms with Gasteiger partial charge in [0.2, 0.25) is 0 Å². The Labute approximate surface area is 197 Å². The number of nitro groups is 1. The summed E-state index contributed by atoms with van der Waals surface area (Å²) in [6, 6.07) is 18.1. The predicted molar refractivity (Wildman–Crippen MR) is 126 cm³/mol. The average Bonchev–Trinajstić information content (AvgIpc) is 3.28. The standard InChI is InChI=1S/C23H14ClN7O3/c24-19-13-17(31(33)34)5-6-18(19)23(32)26-16-3-1-14(2-4-16)20-7-8-21-27-28-22(30(21)29-20)15-9-11-25-12-10-15/h1-13H,(H,26,32). The summed E-state index contributed by atoms with van der Waals surface area (Å²) in [7, 11) is 0. The maximum atomic E-state index is 12.6. The number of aromatic nitrogens is 5. The number of halogens is 1. The molecule has 3 aromatic heterocycles. The molecule has 0 saturated carbocycles. The number of carbonyl (C=O) groups is 1. The van der Waals surface area contributed by atoms with Gasteiger partial charge in [0.05, 0.1) is 21.2 Å². The highest BCUT2D eigenvalue weighted by Gasteiger charge is 2.15. The number of nitrogens with one attached hydrogen (secondary N) is 1. The van der Waals surface area contributed by atoms with Crippen LogP contribution in [0.5, 0.6) is 0 Å². The molecule has 0 aliphatic heterocycles. The lowest BCUT2D eigenvalue weighted by Gasteiger charge is -2.08. The molecule has 0 unspecified atom stereocenters. The molecule has 0 bridgehead atoms. The van der Waals surface area contributed by atoms with Gasteiger partial charge in [0.15, 0.2) is 11.5 Å². The number of nitro benzene ring substituents is 1. The van der Waals surface area contributed by atoms with Gasteiger partial charge in [0, 0.05) is 41.3 Å². The summed E-state index contributed by atoms with van der Waals surface area (Å²) in [5, 5.41) is 26.6. The van der Waals surface area contributed by atoms with Gasteiger partial charge in [-0.1, -0.05) is 23.7 Å². The summed E-state index contributed by atoms with van der Waals surface area (Å²) in [6.07, 6.45) is 3.36. The van der Waals surface area contributed by atoms with E-state index in [1.54, 1.807) is 29.0 Å². The smallest absolute Gasteiger partial charge is 0.270 e. The number of amides is 1. The highest BCUT2D eigenvalue weighted by molar-refractivity contribution is 6.34. The molecule has 34 heavy (non-hydrogen) atoms. The van der Waals surface area contributed by atoms with E-state index in [2.05, 4.69) is 25.6 Å². The van der Waals surface area contributed by atoms with Crippen LogP contribution >= 0.6 is 11.6 Å². The minimum Gasteiger partial charge on any atom is -0.322 e. The lowest BCUT2D eigenvalue weighted by atomic mass is 10.1. The highest BCUT2D eigenvalue weighted by Crippen LogP contribution is 2.25. The summed E-state index contributed by atoms with van der Waals surface area (Å²) < 4.78 is 1.66. The van der Waals surface area contributed by atoms with Crippen LogP contribution in [0.3, 0.4) is 0 Å². The van der Waals surface area contributed by atoms with Crippen LogP contribution < -0.4 is 5.32 Å². The zero-order chi connectivity index (χ0) is 23.7. The zero-order valence-corrected chi connectivity index (χ0v) is 18.0. The van der Waals surface area contributed by atoms with E-state index in [9.17, 15) is 14.9 Å². The third-order valence-corrected chi connectivity index (χ3v) is 5.36. The van der Waals surface area contributed by atoms with Crippen molar-refractivity contribution >= 4 is 34.5 Å². The Bertz CT molecular complexity index is 1540. The first-order valence-electron chi connectivity index (χ1n) is 9.98. The van der Waals surface area contributed by atoms with Crippen LogP contribution in [0.2, 0.25) is 5.02 Å². The Hall–Kier alpha value is -4.70. The summed E-state index contributed by atoms with van der Waals surface area (Å²) in [6.45, 7) is 0. The summed E-state index contributed by atoms with van der Waals surface area (Å²) >= 11 is 6.05. The lowest BCUT2D eigenvalue weighted by molar-refractivity contribution is -0.384. The largest absolute Gasteiger partial charge is 0.322 e. The number of benzene rings is 2. The normalized spacial score (nSPS) is 10.9. The molecule has 10 nitrogen and oxygen atoms in total. The SMILES string of the molecule is O=C(Nc1ccc(-c2ccc3nnc(-c4ccncc4)n3n2)cc1)c1ccc([N+](=O)[O-])cc1Cl. The van der Waals surface area contributed by atoms with E-state index in [0.717, 1.165) is 17.2 Å². The Morgan fingerprint density at radius 3 is 2.41 bits per heavy atom. The Morgan fingerprint density at radius 1 is 0.941 bits per heavy atom. The molecular weight excluding hydrogens is 458 g/mol. The number of hydrogen-bond acceptors (Lipinski definition) is 7. The first kappa shape index (κ1) is 21.2. The molecule has 0 atom stereocenters. The number of nitrogens with zero attached hydrogens (tertiary/aromatic N) is 6. The number of anilines is 1. The van der Waals surface area contributed by atoms with E-state index in [0.29, 0.717) is 22.9 Å². The first-order valence-corrected chi connectivity index (χ1v) is 10.4. The molecule has 0 spiro atoms. The topological polar surface area (TPSA) is 128 Å². The van der Waals surface area contributed by atoms with Crippen molar-refractivity contribution in [1.29, 1.82) is 0 Å². The van der Waals surface area contributed by atoms with E-state index in [1.165, 1.54) is 12.1 Å². The Kier molecular flexibility index (Phi) is 5.40. The van der Waals surface area contributed by atoms with Crippen molar-refractivity contribution in [2.45, 2.75) is 0 Å². The van der Waals surface area contributed by atoms with Crippen LogP contribution in [0, 0.1) is 10.1 Å². The van der Waals surface area contributed by atoms with Gasteiger partial charge in [-0.15, -0.1) is 10.2 Å². The minimum atomic E-state index is -0.572. The second-order valence-electron chi connectivity index (χ2n) is 7.20. The quantitative estimate of drug-likeness (QED) is 0.291. The zero-order valence-electron chi connectivity index (χ0n) is 17.3. The first-order chi connectivity index (χ1) is 16.5. The van der Waals surface area contributed by atoms with Gasteiger partial charge in [0.1, 0.15) is 0 Å². The van der Waals surface area contributed by atoms with Gasteiger partial charge in [-0.25, -0.2) is 0 Å². The average molecular weight is 472 g/mol. The van der Waals surface area contributed by atoms with Gasteiger partial charge in [-0.3, -0.25) is 19.9 Å². The monoisotopic (exact) mass is 471 g/mol. The van der Waals surface area contributed by atoms with Crippen molar-refractivity contribution in [3.8, 4) is 22.6 Å². The van der Waals surface area contributed by atoms with E-state index < -0.39 is 10.8 Å². The number of non-ortho nitro benzene ring substituents is 1. The number of hydrogen-bond donors (Lipinski definition) is 1. The molecule has 11 heteroatoms. The number of carbonyl (C=O) groups excluding carboxylic acids is 1. The molecule has 0 radical (unpaired) electrons.